The summed E-state index contributed by atoms with van der Waals surface area (Å²) < 4.78 is 68.9. The molecule has 3 N–H and O–H groups in total. The maximum Gasteiger partial charge on any atom is 0.472 e. The Morgan fingerprint density at radius 2 is 0.457 bits per heavy atom. The number of carbonyl (C=O) groups is 4. The fourth-order valence-electron chi connectivity index (χ4n) is 13.4. The normalized spacial score (nSPS) is 14.3. The largest absolute Gasteiger partial charge is 0.472 e. The Balaban J connectivity index is 5.26. The van der Waals surface area contributed by atoms with Gasteiger partial charge in [-0.25, -0.2) is 9.13 Å². The van der Waals surface area contributed by atoms with Gasteiger partial charge in [0.1, 0.15) is 19.3 Å². The topological polar surface area (TPSA) is 237 Å². The van der Waals surface area contributed by atoms with Crippen LogP contribution in [0.5, 0.6) is 0 Å². The van der Waals surface area contributed by atoms with Gasteiger partial charge in [-0.3, -0.25) is 37.3 Å². The Morgan fingerprint density at radius 1 is 0.267 bits per heavy atom. The highest BCUT2D eigenvalue weighted by atomic mass is 31.2. The van der Waals surface area contributed by atoms with E-state index in [4.69, 9.17) is 37.0 Å². The van der Waals surface area contributed by atoms with E-state index in [9.17, 15) is 43.2 Å². The number of aliphatic hydroxyl groups is 1. The molecule has 0 fully saturated rings. The van der Waals surface area contributed by atoms with Gasteiger partial charge in [-0.2, -0.15) is 0 Å². The average Bonchev–Trinajstić information content (AvgIpc) is 0.973. The van der Waals surface area contributed by atoms with E-state index in [2.05, 4.69) is 41.5 Å². The van der Waals surface area contributed by atoms with Crippen molar-refractivity contribution in [2.75, 3.05) is 39.6 Å². The third-order valence-corrected chi connectivity index (χ3v) is 22.8. The Kier molecular flexibility index (Phi) is 76.0. The van der Waals surface area contributed by atoms with E-state index in [0.29, 0.717) is 25.7 Å². The summed E-state index contributed by atoms with van der Waals surface area (Å²) in [5, 5.41) is 10.7. The number of carbonyl (C=O) groups excluding carboxylic acids is 4. The zero-order chi connectivity index (χ0) is 77.1. The molecule has 0 aromatic carbocycles. The molecule has 0 amide bonds. The third-order valence-electron chi connectivity index (χ3n) is 20.9. The van der Waals surface area contributed by atoms with Gasteiger partial charge in [0, 0.05) is 25.7 Å². The number of hydrogen-bond acceptors (Lipinski definition) is 15. The predicted octanol–water partition coefficient (Wildman–Crippen LogP) is 26.2. The van der Waals surface area contributed by atoms with Gasteiger partial charge in [-0.05, 0) is 37.5 Å². The van der Waals surface area contributed by atoms with Crippen LogP contribution in [0.1, 0.15) is 459 Å². The average molecular weight is 1540 g/mol. The maximum atomic E-state index is 13.2. The van der Waals surface area contributed by atoms with Gasteiger partial charge in [-0.15, -0.1) is 0 Å². The van der Waals surface area contributed by atoms with Crippen LogP contribution in [0, 0.1) is 11.8 Å². The smallest absolute Gasteiger partial charge is 0.462 e. The molecule has 105 heavy (non-hydrogen) atoms. The van der Waals surface area contributed by atoms with Crippen LogP contribution in [0.25, 0.3) is 0 Å². The van der Waals surface area contributed by atoms with Crippen LogP contribution in [-0.2, 0) is 65.4 Å². The molecule has 0 rings (SSSR count). The minimum atomic E-state index is -4.97. The molecule has 17 nitrogen and oxygen atoms in total. The number of rotatable bonds is 85. The van der Waals surface area contributed by atoms with Crippen LogP contribution in [0.4, 0.5) is 0 Å². The predicted molar refractivity (Wildman–Crippen MR) is 432 cm³/mol. The first-order chi connectivity index (χ1) is 50.9. The lowest BCUT2D eigenvalue weighted by molar-refractivity contribution is -0.161. The Morgan fingerprint density at radius 3 is 0.676 bits per heavy atom. The van der Waals surface area contributed by atoms with Crippen molar-refractivity contribution in [3.8, 4) is 0 Å². The number of ether oxygens (including phenoxy) is 4. The SMILES string of the molecule is CCCCCCCCCCCCCCCCCCCCCCC(=O)O[C@H](COC(=O)CCCCCCCCCCCCCCCCC(C)CC)COP(=O)(O)OC[C@@H](O)COP(=O)(O)OC[C@@H](COC(=O)CCCCCCCCCCCCCCC)OC(=O)CCCCCCCCCCCCC(C)CC. The Bertz CT molecular complexity index is 2010. The van der Waals surface area contributed by atoms with Crippen molar-refractivity contribution in [1.82, 2.24) is 0 Å². The minimum Gasteiger partial charge on any atom is -0.462 e. The Hall–Kier alpha value is -1.94. The molecule has 0 radical (unpaired) electrons. The summed E-state index contributed by atoms with van der Waals surface area (Å²) in [5.41, 5.74) is 0. The highest BCUT2D eigenvalue weighted by Crippen LogP contribution is 2.45. The second-order valence-corrected chi connectivity index (χ2v) is 34.3. The molecule has 0 aromatic heterocycles. The van der Waals surface area contributed by atoms with E-state index in [1.807, 2.05) is 0 Å². The van der Waals surface area contributed by atoms with Gasteiger partial charge in [0.05, 0.1) is 26.4 Å². The summed E-state index contributed by atoms with van der Waals surface area (Å²) in [6, 6.07) is 0. The zero-order valence-electron chi connectivity index (χ0n) is 69.0. The lowest BCUT2D eigenvalue weighted by Crippen LogP contribution is -2.30. The third kappa shape index (κ3) is 77.2. The summed E-state index contributed by atoms with van der Waals surface area (Å²) in [4.78, 5) is 73.3. The summed E-state index contributed by atoms with van der Waals surface area (Å²) in [6.07, 6.45) is 69.2. The van der Waals surface area contributed by atoms with Gasteiger partial charge in [0.2, 0.25) is 0 Å². The molecule has 19 heteroatoms. The molecule has 0 aliphatic carbocycles. The molecule has 7 atom stereocenters. The molecule has 624 valence electrons. The highest BCUT2D eigenvalue weighted by Gasteiger charge is 2.30. The van der Waals surface area contributed by atoms with Gasteiger partial charge in [0.15, 0.2) is 12.2 Å². The first-order valence-corrected chi connectivity index (χ1v) is 47.6. The molecule has 0 bridgehead atoms. The fourth-order valence-corrected chi connectivity index (χ4v) is 14.9. The molecule has 4 unspecified atom stereocenters. The van der Waals surface area contributed by atoms with E-state index < -0.39 is 97.5 Å². The van der Waals surface area contributed by atoms with Gasteiger partial charge in [-0.1, -0.05) is 408 Å². The molecule has 0 spiro atoms. The summed E-state index contributed by atoms with van der Waals surface area (Å²) >= 11 is 0. The maximum absolute atomic E-state index is 13.2. The van der Waals surface area contributed by atoms with Crippen LogP contribution >= 0.6 is 15.6 Å². The molecule has 0 aliphatic heterocycles. The highest BCUT2D eigenvalue weighted by molar-refractivity contribution is 7.47. The Labute approximate surface area is 645 Å². The van der Waals surface area contributed by atoms with E-state index in [-0.39, 0.29) is 25.7 Å². The molecule has 0 aliphatic rings. The summed E-state index contributed by atoms with van der Waals surface area (Å²) in [6.45, 7) is 9.75. The molecular formula is C86H168O17P2. The lowest BCUT2D eigenvalue weighted by atomic mass is 9.99. The van der Waals surface area contributed by atoms with Crippen molar-refractivity contribution in [3.05, 3.63) is 0 Å². The van der Waals surface area contributed by atoms with E-state index in [1.54, 1.807) is 0 Å². The standard InChI is InChI=1S/C86H168O17P2/c1-7-11-13-15-17-19-21-23-24-25-26-27-28-29-35-39-46-52-58-64-70-85(90)102-81(74-97-84(89)69-63-57-51-45-38-34-31-30-33-36-42-48-54-60-66-78(5)9-3)76-100-104(92,93)98-72-80(87)73-99-105(94,95)101-77-82(75-96-83(88)68-62-56-50-44-37-32-22-20-18-16-14-12-8-2)103-86(91)71-65-59-53-47-41-40-43-49-55-61-67-79(6)10-4/h78-82,87H,7-77H2,1-6H3,(H,92,93)(H,94,95)/t78?,79?,80-,81-,82-/m1/s1. The zero-order valence-corrected chi connectivity index (χ0v) is 70.8. The van der Waals surface area contributed by atoms with Crippen LogP contribution in [0.3, 0.4) is 0 Å². The van der Waals surface area contributed by atoms with Crippen molar-refractivity contribution >= 4 is 39.5 Å². The molecule has 0 aromatic rings. The van der Waals surface area contributed by atoms with Gasteiger partial charge >= 0.3 is 39.5 Å². The van der Waals surface area contributed by atoms with Crippen molar-refractivity contribution in [2.24, 2.45) is 11.8 Å². The monoisotopic (exact) mass is 1540 g/mol. The first-order valence-electron chi connectivity index (χ1n) is 44.6. The lowest BCUT2D eigenvalue weighted by Gasteiger charge is -2.21. The number of aliphatic hydroxyl groups excluding tert-OH is 1. The fraction of sp³-hybridized carbons (Fsp3) is 0.953. The number of unbranched alkanes of at least 4 members (excludes halogenated alkanes) is 53. The van der Waals surface area contributed by atoms with E-state index in [0.717, 1.165) is 102 Å². The molecular weight excluding hydrogens is 1370 g/mol. The second-order valence-electron chi connectivity index (χ2n) is 31.4. The van der Waals surface area contributed by atoms with Gasteiger partial charge < -0.3 is 33.8 Å². The minimum absolute atomic E-state index is 0.107. The van der Waals surface area contributed by atoms with Crippen LogP contribution < -0.4 is 0 Å². The number of phosphoric ester groups is 2. The van der Waals surface area contributed by atoms with Crippen LogP contribution in [0.2, 0.25) is 0 Å². The van der Waals surface area contributed by atoms with E-state index in [1.165, 1.54) is 276 Å². The first kappa shape index (κ1) is 103. The van der Waals surface area contributed by atoms with Crippen molar-refractivity contribution in [2.45, 2.75) is 477 Å². The number of esters is 4. The van der Waals surface area contributed by atoms with Crippen LogP contribution in [0.15, 0.2) is 0 Å². The van der Waals surface area contributed by atoms with Crippen molar-refractivity contribution in [1.29, 1.82) is 0 Å². The van der Waals surface area contributed by atoms with Gasteiger partial charge in [0.25, 0.3) is 0 Å². The summed E-state index contributed by atoms with van der Waals surface area (Å²) in [5.74, 6) is -0.448. The quantitative estimate of drug-likeness (QED) is 0.0222. The summed E-state index contributed by atoms with van der Waals surface area (Å²) in [7, 11) is -9.93. The molecule has 0 saturated heterocycles. The second kappa shape index (κ2) is 77.4. The number of phosphoric acid groups is 2. The van der Waals surface area contributed by atoms with Crippen molar-refractivity contribution in [3.63, 3.8) is 0 Å². The number of hydrogen-bond donors (Lipinski definition) is 3. The molecule has 0 heterocycles. The van der Waals surface area contributed by atoms with Crippen molar-refractivity contribution < 1.29 is 80.2 Å². The molecule has 0 saturated carbocycles. The van der Waals surface area contributed by atoms with Crippen LogP contribution in [-0.4, -0.2) is 96.7 Å². The van der Waals surface area contributed by atoms with E-state index >= 15 is 0 Å².